The zero-order chi connectivity index (χ0) is 21.0. The van der Waals surface area contributed by atoms with Crippen LogP contribution in [0.3, 0.4) is 0 Å². The fraction of sp³-hybridized carbons (Fsp3) is 0.353. The Bertz CT molecular complexity index is 919. The normalized spacial score (nSPS) is 15.4. The number of aliphatic hydroxyl groups is 1. The van der Waals surface area contributed by atoms with Crippen LogP contribution in [0.15, 0.2) is 46.0 Å². The standard InChI is InChI=1S/C17H18F3N3O3S2/c1-16(24,17(18,19)20)12-4-6-13(7-5-12)23-14(8-9-21)11-22-28(25,26)15-3-2-10-27-15/h2-7,10,14,22-24H,8,11H2,1H3/t14-,16?/m0/s1. The van der Waals surface area contributed by atoms with Crippen molar-refractivity contribution >= 4 is 27.0 Å². The third-order valence-electron chi connectivity index (χ3n) is 3.99. The first-order valence-electron chi connectivity index (χ1n) is 8.03. The van der Waals surface area contributed by atoms with Gasteiger partial charge in [-0.2, -0.15) is 18.4 Å². The van der Waals surface area contributed by atoms with Crippen LogP contribution in [-0.2, 0) is 15.6 Å². The van der Waals surface area contributed by atoms with E-state index in [0.717, 1.165) is 23.5 Å². The van der Waals surface area contributed by atoms with Gasteiger partial charge in [0.2, 0.25) is 10.0 Å². The van der Waals surface area contributed by atoms with Crippen molar-refractivity contribution in [2.75, 3.05) is 11.9 Å². The van der Waals surface area contributed by atoms with Gasteiger partial charge in [0.25, 0.3) is 0 Å². The summed E-state index contributed by atoms with van der Waals surface area (Å²) in [5.74, 6) is 0. The molecule has 1 aromatic carbocycles. The molecule has 0 amide bonds. The van der Waals surface area contributed by atoms with Crippen molar-refractivity contribution in [3.8, 4) is 6.07 Å². The van der Waals surface area contributed by atoms with E-state index in [0.29, 0.717) is 12.6 Å². The first-order chi connectivity index (χ1) is 13.0. The summed E-state index contributed by atoms with van der Waals surface area (Å²) < 4.78 is 65.5. The first kappa shape index (κ1) is 22.2. The summed E-state index contributed by atoms with van der Waals surface area (Å²) in [6.07, 6.45) is -4.86. The number of rotatable bonds is 8. The van der Waals surface area contributed by atoms with E-state index in [9.17, 15) is 26.7 Å². The van der Waals surface area contributed by atoms with E-state index in [1.807, 2.05) is 6.07 Å². The minimum Gasteiger partial charge on any atom is -0.380 e. The van der Waals surface area contributed by atoms with Gasteiger partial charge in [-0.1, -0.05) is 18.2 Å². The highest BCUT2D eigenvalue weighted by atomic mass is 32.2. The number of nitrogens with one attached hydrogen (secondary N) is 2. The maximum atomic E-state index is 12.9. The van der Waals surface area contributed by atoms with E-state index in [4.69, 9.17) is 5.26 Å². The van der Waals surface area contributed by atoms with Crippen LogP contribution in [0.2, 0.25) is 0 Å². The maximum Gasteiger partial charge on any atom is 0.421 e. The van der Waals surface area contributed by atoms with Crippen LogP contribution < -0.4 is 10.0 Å². The van der Waals surface area contributed by atoms with Gasteiger partial charge in [0.1, 0.15) is 4.21 Å². The van der Waals surface area contributed by atoms with E-state index < -0.39 is 27.8 Å². The largest absolute Gasteiger partial charge is 0.421 e. The second kappa shape index (κ2) is 8.48. The Morgan fingerprint density at radius 1 is 1.25 bits per heavy atom. The minimum atomic E-state index is -4.83. The van der Waals surface area contributed by atoms with Gasteiger partial charge < -0.3 is 10.4 Å². The van der Waals surface area contributed by atoms with E-state index in [2.05, 4.69) is 10.0 Å². The summed E-state index contributed by atoms with van der Waals surface area (Å²) in [4.78, 5) is 0. The van der Waals surface area contributed by atoms with Crippen LogP contribution in [0.4, 0.5) is 18.9 Å². The zero-order valence-electron chi connectivity index (χ0n) is 14.7. The molecule has 0 aliphatic carbocycles. The molecule has 28 heavy (non-hydrogen) atoms. The van der Waals surface area contributed by atoms with Crippen LogP contribution in [0, 0.1) is 11.3 Å². The summed E-state index contributed by atoms with van der Waals surface area (Å²) in [5.41, 5.74) is -2.94. The van der Waals surface area contributed by atoms with Crippen molar-refractivity contribution in [1.82, 2.24) is 4.72 Å². The van der Waals surface area contributed by atoms with Gasteiger partial charge in [-0.25, -0.2) is 13.1 Å². The van der Waals surface area contributed by atoms with Crippen LogP contribution in [0.1, 0.15) is 18.9 Å². The molecule has 0 aliphatic rings. The minimum absolute atomic E-state index is 0.0328. The lowest BCUT2D eigenvalue weighted by Crippen LogP contribution is -2.39. The summed E-state index contributed by atoms with van der Waals surface area (Å²) in [7, 11) is -3.70. The second-order valence-corrected chi connectivity index (χ2v) is 9.08. The average Bonchev–Trinajstić information content (AvgIpc) is 3.15. The van der Waals surface area contributed by atoms with E-state index in [1.165, 1.54) is 18.2 Å². The smallest absolute Gasteiger partial charge is 0.380 e. The molecule has 1 aromatic heterocycles. The molecular formula is C17H18F3N3O3S2. The van der Waals surface area contributed by atoms with Crippen LogP contribution in [0.5, 0.6) is 0 Å². The highest BCUT2D eigenvalue weighted by molar-refractivity contribution is 7.91. The lowest BCUT2D eigenvalue weighted by molar-refractivity contribution is -0.258. The topological polar surface area (TPSA) is 102 Å². The molecule has 11 heteroatoms. The number of nitrogens with zero attached hydrogens (tertiary/aromatic N) is 1. The molecule has 1 heterocycles. The zero-order valence-corrected chi connectivity index (χ0v) is 16.3. The number of alkyl halides is 3. The number of nitriles is 1. The van der Waals surface area contributed by atoms with Crippen molar-refractivity contribution in [3.05, 3.63) is 47.3 Å². The molecule has 0 bridgehead atoms. The van der Waals surface area contributed by atoms with Crippen LogP contribution in [-0.4, -0.2) is 32.3 Å². The first-order valence-corrected chi connectivity index (χ1v) is 10.4. The number of halogens is 3. The van der Waals surface area contributed by atoms with E-state index in [1.54, 1.807) is 11.4 Å². The van der Waals surface area contributed by atoms with Crippen molar-refractivity contribution in [2.45, 2.75) is 35.4 Å². The molecule has 0 aliphatic heterocycles. The fourth-order valence-electron chi connectivity index (χ4n) is 2.27. The monoisotopic (exact) mass is 433 g/mol. The summed E-state index contributed by atoms with van der Waals surface area (Å²) >= 11 is 1.05. The van der Waals surface area contributed by atoms with Gasteiger partial charge in [-0.15, -0.1) is 11.3 Å². The molecular weight excluding hydrogens is 415 g/mol. The quantitative estimate of drug-likeness (QED) is 0.593. The van der Waals surface area contributed by atoms with Crippen LogP contribution >= 0.6 is 11.3 Å². The van der Waals surface area contributed by atoms with Crippen molar-refractivity contribution in [2.24, 2.45) is 0 Å². The number of sulfonamides is 1. The SMILES string of the molecule is CC(O)(c1ccc(N[C@@H](CC#N)CNS(=O)(=O)c2cccs2)cc1)C(F)(F)F. The summed E-state index contributed by atoms with van der Waals surface area (Å²) in [5, 5.41) is 23.2. The van der Waals surface area contributed by atoms with E-state index in [-0.39, 0.29) is 22.7 Å². The third-order valence-corrected chi connectivity index (χ3v) is 6.81. The second-order valence-electron chi connectivity index (χ2n) is 6.13. The fourth-order valence-corrected chi connectivity index (χ4v) is 4.39. The molecule has 3 N–H and O–H groups in total. The number of thiophene rings is 1. The maximum absolute atomic E-state index is 12.9. The Kier molecular flexibility index (Phi) is 6.71. The summed E-state index contributed by atoms with van der Waals surface area (Å²) in [6.45, 7) is 0.573. The van der Waals surface area contributed by atoms with Crippen LogP contribution in [0.25, 0.3) is 0 Å². The number of hydrogen-bond donors (Lipinski definition) is 3. The predicted octanol–water partition coefficient (Wildman–Crippen LogP) is 3.19. The third kappa shape index (κ3) is 5.23. The molecule has 2 rings (SSSR count). The lowest BCUT2D eigenvalue weighted by Gasteiger charge is -2.27. The average molecular weight is 433 g/mol. The van der Waals surface area contributed by atoms with Gasteiger partial charge in [-0.05, 0) is 36.1 Å². The Hall–Kier alpha value is -2.13. The highest BCUT2D eigenvalue weighted by Crippen LogP contribution is 2.38. The Morgan fingerprint density at radius 3 is 2.39 bits per heavy atom. The van der Waals surface area contributed by atoms with Gasteiger partial charge >= 0.3 is 6.18 Å². The highest BCUT2D eigenvalue weighted by Gasteiger charge is 2.51. The molecule has 2 atom stereocenters. The number of anilines is 1. The molecule has 2 aromatic rings. The molecule has 1 unspecified atom stereocenters. The molecule has 0 saturated carbocycles. The molecule has 6 nitrogen and oxygen atoms in total. The predicted molar refractivity (Wildman–Crippen MR) is 99.2 cm³/mol. The van der Waals surface area contributed by atoms with Gasteiger partial charge in [0, 0.05) is 12.2 Å². The Labute approximate surface area is 164 Å². The Morgan fingerprint density at radius 2 is 1.89 bits per heavy atom. The number of hydrogen-bond acceptors (Lipinski definition) is 6. The Balaban J connectivity index is 2.07. The molecule has 152 valence electrons. The molecule has 0 radical (unpaired) electrons. The van der Waals surface area contributed by atoms with Crippen molar-refractivity contribution < 1.29 is 26.7 Å². The van der Waals surface area contributed by atoms with Gasteiger partial charge in [0.15, 0.2) is 5.60 Å². The van der Waals surface area contributed by atoms with Gasteiger partial charge in [0.05, 0.1) is 18.5 Å². The van der Waals surface area contributed by atoms with Gasteiger partial charge in [-0.3, -0.25) is 0 Å². The van der Waals surface area contributed by atoms with Crippen molar-refractivity contribution in [3.63, 3.8) is 0 Å². The van der Waals surface area contributed by atoms with E-state index >= 15 is 0 Å². The lowest BCUT2D eigenvalue weighted by atomic mass is 9.95. The molecule has 0 fully saturated rings. The molecule has 0 saturated heterocycles. The summed E-state index contributed by atoms with van der Waals surface area (Å²) in [6, 6.07) is 9.27. The van der Waals surface area contributed by atoms with Crippen molar-refractivity contribution in [1.29, 1.82) is 5.26 Å². The molecule has 0 spiro atoms. The number of benzene rings is 1.